The highest BCUT2D eigenvalue weighted by atomic mass is 16.5. The molecule has 3 heteroatoms. The van der Waals surface area contributed by atoms with Gasteiger partial charge < -0.3 is 9.47 Å². The Hall–Kier alpha value is -1.09. The van der Waals surface area contributed by atoms with Gasteiger partial charge in [-0.25, -0.2) is 4.79 Å². The minimum atomic E-state index is -0.280. The second-order valence-corrected chi connectivity index (χ2v) is 4.49. The second kappa shape index (κ2) is 4.83. The summed E-state index contributed by atoms with van der Waals surface area (Å²) in [5, 5.41) is 0. The molecule has 2 aliphatic rings. The smallest absolute Gasteiger partial charge is 0.330 e. The maximum Gasteiger partial charge on any atom is 0.330 e. The van der Waals surface area contributed by atoms with Crippen LogP contribution in [0.3, 0.4) is 0 Å². The molecular formula is C13H18O3. The van der Waals surface area contributed by atoms with Gasteiger partial charge in [-0.1, -0.05) is 18.6 Å². The van der Waals surface area contributed by atoms with Crippen molar-refractivity contribution in [3.8, 4) is 0 Å². The lowest BCUT2D eigenvalue weighted by molar-refractivity contribution is -0.134. The van der Waals surface area contributed by atoms with Gasteiger partial charge >= 0.3 is 5.97 Å². The third-order valence-corrected chi connectivity index (χ3v) is 3.43. The number of ether oxygens (including phenoxy) is 2. The van der Waals surface area contributed by atoms with Crippen molar-refractivity contribution in [1.82, 2.24) is 0 Å². The van der Waals surface area contributed by atoms with Gasteiger partial charge in [-0.3, -0.25) is 0 Å². The number of rotatable bonds is 1. The molecule has 0 bridgehead atoms. The van der Waals surface area contributed by atoms with Crippen LogP contribution in [0.2, 0.25) is 0 Å². The third-order valence-electron chi connectivity index (χ3n) is 3.43. The molecule has 1 fully saturated rings. The van der Waals surface area contributed by atoms with Crippen LogP contribution in [0.1, 0.15) is 25.7 Å². The van der Waals surface area contributed by atoms with Gasteiger partial charge in [0, 0.05) is 11.5 Å². The van der Waals surface area contributed by atoms with E-state index in [2.05, 4.69) is 16.9 Å². The van der Waals surface area contributed by atoms with Crippen LogP contribution >= 0.6 is 0 Å². The van der Waals surface area contributed by atoms with Crippen molar-refractivity contribution in [1.29, 1.82) is 0 Å². The fourth-order valence-electron chi connectivity index (χ4n) is 2.45. The number of methoxy groups -OCH3 is 1. The highest BCUT2D eigenvalue weighted by Crippen LogP contribution is 2.41. The Morgan fingerprint density at radius 1 is 1.56 bits per heavy atom. The normalized spacial score (nSPS) is 31.9. The number of allylic oxidation sites excluding steroid dienone is 1. The van der Waals surface area contributed by atoms with E-state index in [0.717, 1.165) is 18.4 Å². The molecule has 1 heterocycles. The molecule has 0 aromatic heterocycles. The Kier molecular flexibility index (Phi) is 3.44. The van der Waals surface area contributed by atoms with Crippen LogP contribution in [0.4, 0.5) is 0 Å². The molecule has 0 saturated carbocycles. The number of hydrogen-bond donors (Lipinski definition) is 0. The molecule has 1 spiro atoms. The Balaban J connectivity index is 2.24. The maximum atomic E-state index is 11.3. The summed E-state index contributed by atoms with van der Waals surface area (Å²) in [6.45, 7) is 1.26. The first-order chi connectivity index (χ1) is 7.77. The zero-order valence-corrected chi connectivity index (χ0v) is 9.70. The van der Waals surface area contributed by atoms with Gasteiger partial charge in [0.2, 0.25) is 0 Å². The molecule has 0 aromatic rings. The number of carbonyl (C=O) groups is 1. The summed E-state index contributed by atoms with van der Waals surface area (Å²) < 4.78 is 10.2. The summed E-state index contributed by atoms with van der Waals surface area (Å²) in [5.74, 6) is -0.280. The van der Waals surface area contributed by atoms with Gasteiger partial charge in [-0.15, -0.1) is 0 Å². The number of carbonyl (C=O) groups excluding carboxylic acids is 1. The average Bonchev–Trinajstić information content (AvgIpc) is 2.52. The van der Waals surface area contributed by atoms with E-state index in [0.29, 0.717) is 13.2 Å². The zero-order valence-electron chi connectivity index (χ0n) is 9.70. The van der Waals surface area contributed by atoms with Crippen LogP contribution in [0.15, 0.2) is 23.8 Å². The average molecular weight is 222 g/mol. The monoisotopic (exact) mass is 222 g/mol. The zero-order chi connectivity index (χ0) is 11.4. The minimum absolute atomic E-state index is 0.0370. The molecule has 1 aliphatic carbocycles. The molecule has 0 N–H and O–H groups in total. The molecule has 1 atom stereocenters. The van der Waals surface area contributed by atoms with E-state index in [1.54, 1.807) is 6.08 Å². The topological polar surface area (TPSA) is 35.5 Å². The largest absolute Gasteiger partial charge is 0.466 e. The molecular weight excluding hydrogens is 204 g/mol. The van der Waals surface area contributed by atoms with Gasteiger partial charge in [0.1, 0.15) is 0 Å². The molecule has 2 rings (SSSR count). The van der Waals surface area contributed by atoms with Crippen LogP contribution in [-0.4, -0.2) is 26.3 Å². The second-order valence-electron chi connectivity index (χ2n) is 4.49. The van der Waals surface area contributed by atoms with Crippen molar-refractivity contribution < 1.29 is 14.3 Å². The summed E-state index contributed by atoms with van der Waals surface area (Å²) in [6, 6.07) is 0. The van der Waals surface area contributed by atoms with Crippen molar-refractivity contribution in [3.63, 3.8) is 0 Å². The maximum absolute atomic E-state index is 11.3. The fourth-order valence-corrected chi connectivity index (χ4v) is 2.45. The molecule has 0 amide bonds. The van der Waals surface area contributed by atoms with Crippen LogP contribution in [0.25, 0.3) is 0 Å². The quantitative estimate of drug-likeness (QED) is 0.388. The number of esters is 1. The summed E-state index contributed by atoms with van der Waals surface area (Å²) >= 11 is 0. The Bertz CT molecular complexity index is 330. The Morgan fingerprint density at radius 3 is 3.25 bits per heavy atom. The Labute approximate surface area is 96.1 Å². The van der Waals surface area contributed by atoms with Gasteiger partial charge in [0.25, 0.3) is 0 Å². The van der Waals surface area contributed by atoms with Gasteiger partial charge in [-0.2, -0.15) is 0 Å². The molecule has 0 radical (unpaired) electrons. The summed E-state index contributed by atoms with van der Waals surface area (Å²) in [6.07, 6.45) is 10.7. The summed E-state index contributed by atoms with van der Waals surface area (Å²) in [7, 11) is 1.41. The molecule has 1 saturated heterocycles. The Morgan fingerprint density at radius 2 is 2.44 bits per heavy atom. The molecule has 3 nitrogen and oxygen atoms in total. The van der Waals surface area contributed by atoms with Gasteiger partial charge in [-0.05, 0) is 24.8 Å². The van der Waals surface area contributed by atoms with Crippen LogP contribution in [-0.2, 0) is 14.3 Å². The van der Waals surface area contributed by atoms with Crippen molar-refractivity contribution in [3.05, 3.63) is 23.8 Å². The fraction of sp³-hybridized carbons (Fsp3) is 0.615. The van der Waals surface area contributed by atoms with Gasteiger partial charge in [0.15, 0.2) is 0 Å². The molecule has 16 heavy (non-hydrogen) atoms. The standard InChI is InChI=1S/C13H18O3/c1-15-12(14)8-11-9-16-10-13(11)6-4-2-3-5-7-13/h4,6,8H,2-3,5,7,9-10H2,1H3/b11-8+/t13-/m0/s1. The first kappa shape index (κ1) is 11.4. The molecule has 1 aliphatic heterocycles. The highest BCUT2D eigenvalue weighted by Gasteiger charge is 2.37. The summed E-state index contributed by atoms with van der Waals surface area (Å²) in [5.41, 5.74) is 1.03. The van der Waals surface area contributed by atoms with E-state index in [1.807, 2.05) is 0 Å². The van der Waals surface area contributed by atoms with Crippen molar-refractivity contribution in [2.45, 2.75) is 25.7 Å². The third kappa shape index (κ3) is 2.19. The minimum Gasteiger partial charge on any atom is -0.466 e. The molecule has 88 valence electrons. The SMILES string of the molecule is COC(=O)/C=C1\COC[C@@]12C=CCCCC2. The molecule has 0 unspecified atom stereocenters. The molecule has 0 aromatic carbocycles. The van der Waals surface area contributed by atoms with Crippen molar-refractivity contribution in [2.24, 2.45) is 5.41 Å². The van der Waals surface area contributed by atoms with E-state index >= 15 is 0 Å². The van der Waals surface area contributed by atoms with E-state index < -0.39 is 0 Å². The highest BCUT2D eigenvalue weighted by molar-refractivity contribution is 5.83. The predicted octanol–water partition coefficient (Wildman–Crippen LogP) is 2.23. The number of hydrogen-bond acceptors (Lipinski definition) is 3. The van der Waals surface area contributed by atoms with E-state index in [4.69, 9.17) is 4.74 Å². The lowest BCUT2D eigenvalue weighted by atomic mass is 9.79. The first-order valence-corrected chi connectivity index (χ1v) is 5.81. The van der Waals surface area contributed by atoms with Crippen molar-refractivity contribution in [2.75, 3.05) is 20.3 Å². The summed E-state index contributed by atoms with van der Waals surface area (Å²) in [4.78, 5) is 11.3. The lowest BCUT2D eigenvalue weighted by Gasteiger charge is -2.24. The predicted molar refractivity (Wildman–Crippen MR) is 61.0 cm³/mol. The van der Waals surface area contributed by atoms with E-state index in [9.17, 15) is 4.79 Å². The van der Waals surface area contributed by atoms with E-state index in [-0.39, 0.29) is 11.4 Å². The first-order valence-electron chi connectivity index (χ1n) is 5.81. The van der Waals surface area contributed by atoms with Gasteiger partial charge in [0.05, 0.1) is 20.3 Å². The van der Waals surface area contributed by atoms with Crippen molar-refractivity contribution >= 4 is 5.97 Å². The lowest BCUT2D eigenvalue weighted by Crippen LogP contribution is -2.20. The van der Waals surface area contributed by atoms with Crippen LogP contribution in [0, 0.1) is 5.41 Å². The van der Waals surface area contributed by atoms with Crippen LogP contribution in [0.5, 0.6) is 0 Å². The van der Waals surface area contributed by atoms with Crippen LogP contribution < -0.4 is 0 Å². The van der Waals surface area contributed by atoms with E-state index in [1.165, 1.54) is 20.0 Å².